The SMILES string of the molecule is Cc1ccccc1OCCNC(=O)CN(c1cc(Cl)ccc1C)S(=O)(=O)c1ccccc1. The molecule has 0 heterocycles. The molecule has 8 heteroatoms. The fraction of sp³-hybridized carbons (Fsp3) is 0.208. The van der Waals surface area contributed by atoms with Crippen molar-refractivity contribution in [2.75, 3.05) is 24.0 Å². The molecule has 0 aliphatic carbocycles. The van der Waals surface area contributed by atoms with E-state index in [2.05, 4.69) is 5.32 Å². The van der Waals surface area contributed by atoms with Gasteiger partial charge in [0.05, 0.1) is 17.1 Å². The molecule has 0 saturated heterocycles. The van der Waals surface area contributed by atoms with E-state index in [9.17, 15) is 13.2 Å². The van der Waals surface area contributed by atoms with E-state index in [1.54, 1.807) is 43.3 Å². The average molecular weight is 473 g/mol. The number of hydrogen-bond donors (Lipinski definition) is 1. The van der Waals surface area contributed by atoms with Crippen LogP contribution in [-0.4, -0.2) is 34.0 Å². The van der Waals surface area contributed by atoms with Gasteiger partial charge in [-0.2, -0.15) is 0 Å². The van der Waals surface area contributed by atoms with Crippen molar-refractivity contribution >= 4 is 33.2 Å². The molecule has 6 nitrogen and oxygen atoms in total. The first-order chi connectivity index (χ1) is 15.3. The quantitative estimate of drug-likeness (QED) is 0.470. The summed E-state index contributed by atoms with van der Waals surface area (Å²) in [5.74, 6) is 0.293. The van der Waals surface area contributed by atoms with E-state index in [-0.39, 0.29) is 24.6 Å². The Kier molecular flexibility index (Phi) is 7.77. The fourth-order valence-electron chi connectivity index (χ4n) is 3.13. The van der Waals surface area contributed by atoms with Crippen LogP contribution in [0.25, 0.3) is 0 Å². The second-order valence-electron chi connectivity index (χ2n) is 7.22. The first-order valence-corrected chi connectivity index (χ1v) is 11.9. The van der Waals surface area contributed by atoms with Crippen LogP contribution in [0.3, 0.4) is 0 Å². The van der Waals surface area contributed by atoms with Crippen LogP contribution in [0.15, 0.2) is 77.7 Å². The highest BCUT2D eigenvalue weighted by Crippen LogP contribution is 2.29. The second kappa shape index (κ2) is 10.5. The zero-order valence-corrected chi connectivity index (χ0v) is 19.5. The van der Waals surface area contributed by atoms with Gasteiger partial charge in [0.1, 0.15) is 18.9 Å². The zero-order valence-electron chi connectivity index (χ0n) is 17.9. The van der Waals surface area contributed by atoms with Crippen molar-refractivity contribution in [3.63, 3.8) is 0 Å². The Morgan fingerprint density at radius 1 is 0.969 bits per heavy atom. The summed E-state index contributed by atoms with van der Waals surface area (Å²) >= 11 is 6.13. The van der Waals surface area contributed by atoms with Crippen LogP contribution < -0.4 is 14.4 Å². The molecule has 0 aromatic heterocycles. The highest BCUT2D eigenvalue weighted by Gasteiger charge is 2.28. The van der Waals surface area contributed by atoms with Gasteiger partial charge in [-0.1, -0.05) is 54.1 Å². The molecular formula is C24H25ClN2O4S. The number of rotatable bonds is 9. The molecule has 0 aliphatic heterocycles. The lowest BCUT2D eigenvalue weighted by molar-refractivity contribution is -0.119. The van der Waals surface area contributed by atoms with E-state index >= 15 is 0 Å². The molecule has 3 aromatic rings. The number of halogens is 1. The molecule has 3 rings (SSSR count). The highest BCUT2D eigenvalue weighted by molar-refractivity contribution is 7.92. The van der Waals surface area contributed by atoms with Crippen LogP contribution in [0.2, 0.25) is 5.02 Å². The van der Waals surface area contributed by atoms with Crippen LogP contribution in [-0.2, 0) is 14.8 Å². The maximum Gasteiger partial charge on any atom is 0.264 e. The maximum atomic E-state index is 13.4. The summed E-state index contributed by atoms with van der Waals surface area (Å²) < 4.78 is 33.5. The van der Waals surface area contributed by atoms with Crippen LogP contribution in [0, 0.1) is 13.8 Å². The van der Waals surface area contributed by atoms with E-state index in [0.717, 1.165) is 15.6 Å². The Bertz CT molecular complexity index is 1180. The van der Waals surface area contributed by atoms with E-state index in [1.807, 2.05) is 31.2 Å². The number of benzene rings is 3. The predicted octanol–water partition coefficient (Wildman–Crippen LogP) is 4.35. The Morgan fingerprint density at radius 3 is 2.38 bits per heavy atom. The monoisotopic (exact) mass is 472 g/mol. The third-order valence-corrected chi connectivity index (χ3v) is 6.84. The van der Waals surface area contributed by atoms with E-state index < -0.39 is 15.9 Å². The number of carbonyl (C=O) groups excluding carboxylic acids is 1. The summed E-state index contributed by atoms with van der Waals surface area (Å²) in [6.45, 7) is 3.82. The van der Waals surface area contributed by atoms with Crippen molar-refractivity contribution in [3.8, 4) is 5.75 Å². The highest BCUT2D eigenvalue weighted by atomic mass is 35.5. The molecule has 0 bridgehead atoms. The third kappa shape index (κ3) is 5.81. The molecule has 0 unspecified atom stereocenters. The number of nitrogens with zero attached hydrogens (tertiary/aromatic N) is 1. The normalized spacial score (nSPS) is 11.1. The molecule has 0 saturated carbocycles. The van der Waals surface area contributed by atoms with Gasteiger partial charge < -0.3 is 10.1 Å². The zero-order chi connectivity index (χ0) is 23.1. The number of nitrogens with one attached hydrogen (secondary N) is 1. The van der Waals surface area contributed by atoms with Crippen LogP contribution >= 0.6 is 11.6 Å². The lowest BCUT2D eigenvalue weighted by Crippen LogP contribution is -2.42. The van der Waals surface area contributed by atoms with Crippen molar-refractivity contribution in [2.24, 2.45) is 0 Å². The topological polar surface area (TPSA) is 75.7 Å². The molecule has 168 valence electrons. The number of aryl methyl sites for hydroxylation is 2. The van der Waals surface area contributed by atoms with Gasteiger partial charge in [0.25, 0.3) is 10.0 Å². The van der Waals surface area contributed by atoms with Gasteiger partial charge in [-0.3, -0.25) is 9.10 Å². The molecule has 1 N–H and O–H groups in total. The molecule has 0 spiro atoms. The minimum Gasteiger partial charge on any atom is -0.491 e. The number of anilines is 1. The number of sulfonamides is 1. The van der Waals surface area contributed by atoms with Crippen molar-refractivity contribution in [2.45, 2.75) is 18.7 Å². The summed E-state index contributed by atoms with van der Waals surface area (Å²) in [5, 5.41) is 3.11. The molecule has 32 heavy (non-hydrogen) atoms. The third-order valence-electron chi connectivity index (χ3n) is 4.83. The van der Waals surface area contributed by atoms with Crippen molar-refractivity contribution in [1.29, 1.82) is 0 Å². The van der Waals surface area contributed by atoms with Gasteiger partial charge in [-0.15, -0.1) is 0 Å². The lowest BCUT2D eigenvalue weighted by Gasteiger charge is -2.26. The number of para-hydroxylation sites is 1. The smallest absolute Gasteiger partial charge is 0.264 e. The van der Waals surface area contributed by atoms with Crippen molar-refractivity contribution in [1.82, 2.24) is 5.32 Å². The summed E-state index contributed by atoms with van der Waals surface area (Å²) in [6, 6.07) is 20.5. The van der Waals surface area contributed by atoms with E-state index in [0.29, 0.717) is 16.3 Å². The summed E-state index contributed by atoms with van der Waals surface area (Å²) in [6.07, 6.45) is 0. The van der Waals surface area contributed by atoms with E-state index in [4.69, 9.17) is 16.3 Å². The minimum absolute atomic E-state index is 0.0926. The molecule has 0 aliphatic rings. The van der Waals surface area contributed by atoms with Crippen molar-refractivity contribution in [3.05, 3.63) is 88.9 Å². The standard InChI is InChI=1S/C24H25ClN2O4S/c1-18-12-13-20(25)16-22(18)27(32(29,30)21-9-4-3-5-10-21)17-24(28)26-14-15-31-23-11-7-6-8-19(23)2/h3-13,16H,14-15,17H2,1-2H3,(H,26,28). The number of ether oxygens (including phenoxy) is 1. The average Bonchev–Trinajstić information content (AvgIpc) is 2.78. The fourth-order valence-corrected chi connectivity index (χ4v) is 4.79. The molecule has 1 amide bonds. The van der Waals surface area contributed by atoms with Gasteiger partial charge in [0, 0.05) is 5.02 Å². The number of amides is 1. The minimum atomic E-state index is -3.99. The van der Waals surface area contributed by atoms with Crippen molar-refractivity contribution < 1.29 is 17.9 Å². The Hall–Kier alpha value is -3.03. The van der Waals surface area contributed by atoms with Gasteiger partial charge in [-0.25, -0.2) is 8.42 Å². The molecular weight excluding hydrogens is 448 g/mol. The second-order valence-corrected chi connectivity index (χ2v) is 9.52. The Balaban J connectivity index is 1.75. The van der Waals surface area contributed by atoms with Gasteiger partial charge in [0.15, 0.2) is 0 Å². The Morgan fingerprint density at radius 2 is 1.66 bits per heavy atom. The Labute approximate surface area is 193 Å². The molecule has 0 fully saturated rings. The van der Waals surface area contributed by atoms with Crippen LogP contribution in [0.1, 0.15) is 11.1 Å². The lowest BCUT2D eigenvalue weighted by atomic mass is 10.2. The summed E-state index contributed by atoms with van der Waals surface area (Å²) in [5.41, 5.74) is 2.03. The van der Waals surface area contributed by atoms with Gasteiger partial charge >= 0.3 is 0 Å². The largest absolute Gasteiger partial charge is 0.491 e. The summed E-state index contributed by atoms with van der Waals surface area (Å²) in [7, 11) is -3.99. The van der Waals surface area contributed by atoms with Crippen LogP contribution in [0.4, 0.5) is 5.69 Å². The van der Waals surface area contributed by atoms with Gasteiger partial charge in [0.2, 0.25) is 5.91 Å². The molecule has 0 atom stereocenters. The number of carbonyl (C=O) groups is 1. The first kappa shape index (κ1) is 23.6. The van der Waals surface area contributed by atoms with Crippen LogP contribution in [0.5, 0.6) is 5.75 Å². The maximum absolute atomic E-state index is 13.4. The summed E-state index contributed by atoms with van der Waals surface area (Å²) in [4.78, 5) is 12.8. The first-order valence-electron chi connectivity index (χ1n) is 10.1. The molecule has 3 aromatic carbocycles. The predicted molar refractivity (Wildman–Crippen MR) is 127 cm³/mol. The number of hydrogen-bond acceptors (Lipinski definition) is 4. The van der Waals surface area contributed by atoms with E-state index in [1.165, 1.54) is 12.1 Å². The molecule has 0 radical (unpaired) electrons. The van der Waals surface area contributed by atoms with Gasteiger partial charge in [-0.05, 0) is 55.3 Å².